The van der Waals surface area contributed by atoms with Crippen LogP contribution < -0.4 is 10.2 Å². The smallest absolute Gasteiger partial charge is 0.251 e. The number of aromatic nitrogens is 1. The Morgan fingerprint density at radius 3 is 2.62 bits per heavy atom. The first-order valence-electron chi connectivity index (χ1n) is 8.30. The van der Waals surface area contributed by atoms with Gasteiger partial charge in [-0.05, 0) is 42.8 Å². The standard InChI is InChI=1S/C19H25N3O2/c1-3-4-13-22(2)16-10-8-15(9-11-16)19(24)21-14-18(23)17-7-5-6-12-20-17/h5-12,18,23H,3-4,13-14H2,1-2H3,(H,21,24)/t18-/m0/s1. The molecule has 0 aliphatic rings. The molecule has 1 atom stereocenters. The van der Waals surface area contributed by atoms with E-state index in [-0.39, 0.29) is 12.5 Å². The highest BCUT2D eigenvalue weighted by molar-refractivity contribution is 5.94. The number of hydrogen-bond donors (Lipinski definition) is 2. The van der Waals surface area contributed by atoms with Crippen molar-refractivity contribution in [1.29, 1.82) is 0 Å². The third-order valence-corrected chi connectivity index (χ3v) is 3.90. The summed E-state index contributed by atoms with van der Waals surface area (Å²) in [6, 6.07) is 12.8. The van der Waals surface area contributed by atoms with Crippen molar-refractivity contribution in [2.24, 2.45) is 0 Å². The van der Waals surface area contributed by atoms with Crippen LogP contribution in [0.1, 0.15) is 41.9 Å². The zero-order valence-corrected chi connectivity index (χ0v) is 14.3. The van der Waals surface area contributed by atoms with E-state index in [4.69, 9.17) is 0 Å². The van der Waals surface area contributed by atoms with Crippen molar-refractivity contribution < 1.29 is 9.90 Å². The van der Waals surface area contributed by atoms with Crippen molar-refractivity contribution in [1.82, 2.24) is 10.3 Å². The molecule has 2 N–H and O–H groups in total. The summed E-state index contributed by atoms with van der Waals surface area (Å²) in [7, 11) is 2.05. The number of carbonyl (C=O) groups excluding carboxylic acids is 1. The highest BCUT2D eigenvalue weighted by Gasteiger charge is 2.12. The predicted molar refractivity (Wildman–Crippen MR) is 96.2 cm³/mol. The molecule has 0 aliphatic heterocycles. The zero-order chi connectivity index (χ0) is 17.4. The molecule has 1 amide bonds. The highest BCUT2D eigenvalue weighted by atomic mass is 16.3. The van der Waals surface area contributed by atoms with Gasteiger partial charge in [0.1, 0.15) is 6.10 Å². The van der Waals surface area contributed by atoms with Gasteiger partial charge in [0.2, 0.25) is 0 Å². The van der Waals surface area contributed by atoms with Gasteiger partial charge in [-0.3, -0.25) is 9.78 Å². The number of unbranched alkanes of at least 4 members (excludes halogenated alkanes) is 1. The van der Waals surface area contributed by atoms with Crippen LogP contribution in [0.3, 0.4) is 0 Å². The van der Waals surface area contributed by atoms with Gasteiger partial charge in [0, 0.05) is 37.6 Å². The van der Waals surface area contributed by atoms with Gasteiger partial charge >= 0.3 is 0 Å². The number of aliphatic hydroxyl groups is 1. The zero-order valence-electron chi connectivity index (χ0n) is 14.3. The summed E-state index contributed by atoms with van der Waals surface area (Å²) in [6.45, 7) is 3.30. The van der Waals surface area contributed by atoms with E-state index in [1.165, 1.54) is 0 Å². The van der Waals surface area contributed by atoms with Crippen LogP contribution in [0.4, 0.5) is 5.69 Å². The van der Waals surface area contributed by atoms with Crippen LogP contribution in [0.5, 0.6) is 0 Å². The summed E-state index contributed by atoms with van der Waals surface area (Å²) in [6.07, 6.45) is 3.11. The lowest BCUT2D eigenvalue weighted by Crippen LogP contribution is -2.28. The van der Waals surface area contributed by atoms with Crippen LogP contribution in [-0.4, -0.2) is 36.1 Å². The molecule has 0 spiro atoms. The van der Waals surface area contributed by atoms with Gasteiger partial charge in [-0.25, -0.2) is 0 Å². The first-order chi connectivity index (χ1) is 11.6. The molecule has 1 aromatic carbocycles. The number of hydrogen-bond acceptors (Lipinski definition) is 4. The second-order valence-electron chi connectivity index (χ2n) is 5.80. The molecule has 0 fully saturated rings. The average Bonchev–Trinajstić information content (AvgIpc) is 2.64. The lowest BCUT2D eigenvalue weighted by atomic mass is 10.1. The van der Waals surface area contributed by atoms with E-state index in [1.807, 2.05) is 19.2 Å². The van der Waals surface area contributed by atoms with Gasteiger partial charge in [0.15, 0.2) is 0 Å². The fraction of sp³-hybridized carbons (Fsp3) is 0.368. The molecule has 5 nitrogen and oxygen atoms in total. The Kier molecular flexibility index (Phi) is 6.75. The maximum Gasteiger partial charge on any atom is 0.251 e. The molecule has 0 aliphatic carbocycles. The van der Waals surface area contributed by atoms with Gasteiger partial charge in [-0.1, -0.05) is 19.4 Å². The Morgan fingerprint density at radius 2 is 2.00 bits per heavy atom. The fourth-order valence-electron chi connectivity index (χ4n) is 2.36. The number of amides is 1. The van der Waals surface area contributed by atoms with Crippen molar-refractivity contribution in [3.8, 4) is 0 Å². The molecule has 0 bridgehead atoms. The topological polar surface area (TPSA) is 65.5 Å². The van der Waals surface area contributed by atoms with Crippen LogP contribution in [-0.2, 0) is 0 Å². The van der Waals surface area contributed by atoms with Crippen LogP contribution in [0, 0.1) is 0 Å². The predicted octanol–water partition coefficient (Wildman–Crippen LogP) is 2.78. The molecular formula is C19H25N3O2. The molecule has 0 saturated heterocycles. The Hall–Kier alpha value is -2.40. The number of nitrogens with one attached hydrogen (secondary N) is 1. The summed E-state index contributed by atoms with van der Waals surface area (Å²) in [5, 5.41) is 12.8. The van der Waals surface area contributed by atoms with E-state index in [1.54, 1.807) is 36.5 Å². The maximum absolute atomic E-state index is 12.2. The number of carbonyl (C=O) groups is 1. The Morgan fingerprint density at radius 1 is 1.25 bits per heavy atom. The molecule has 0 radical (unpaired) electrons. The molecular weight excluding hydrogens is 302 g/mol. The highest BCUT2D eigenvalue weighted by Crippen LogP contribution is 2.15. The summed E-state index contributed by atoms with van der Waals surface area (Å²) in [4.78, 5) is 18.4. The van der Waals surface area contributed by atoms with Crippen molar-refractivity contribution in [3.63, 3.8) is 0 Å². The van der Waals surface area contributed by atoms with E-state index in [0.717, 1.165) is 25.1 Å². The van der Waals surface area contributed by atoms with Crippen LogP contribution in [0.2, 0.25) is 0 Å². The third kappa shape index (κ3) is 5.06. The number of anilines is 1. The van der Waals surface area contributed by atoms with Crippen LogP contribution in [0.15, 0.2) is 48.7 Å². The van der Waals surface area contributed by atoms with E-state index < -0.39 is 6.10 Å². The SMILES string of the molecule is CCCCN(C)c1ccc(C(=O)NC[C@H](O)c2ccccn2)cc1. The normalized spacial score (nSPS) is 11.8. The van der Waals surface area contributed by atoms with E-state index in [2.05, 4.69) is 22.1 Å². The summed E-state index contributed by atoms with van der Waals surface area (Å²) >= 11 is 0. The van der Waals surface area contributed by atoms with Crippen LogP contribution >= 0.6 is 0 Å². The minimum atomic E-state index is -0.811. The van der Waals surface area contributed by atoms with Crippen molar-refractivity contribution >= 4 is 11.6 Å². The lowest BCUT2D eigenvalue weighted by molar-refractivity contribution is 0.0914. The molecule has 5 heteroatoms. The van der Waals surface area contributed by atoms with Gasteiger partial charge in [0.25, 0.3) is 5.91 Å². The molecule has 24 heavy (non-hydrogen) atoms. The molecule has 0 unspecified atom stereocenters. The number of nitrogens with zero attached hydrogens (tertiary/aromatic N) is 2. The third-order valence-electron chi connectivity index (χ3n) is 3.90. The average molecular weight is 327 g/mol. The summed E-state index contributed by atoms with van der Waals surface area (Å²) < 4.78 is 0. The largest absolute Gasteiger partial charge is 0.385 e. The van der Waals surface area contributed by atoms with Gasteiger partial charge in [0.05, 0.1) is 5.69 Å². The minimum absolute atomic E-state index is 0.133. The lowest BCUT2D eigenvalue weighted by Gasteiger charge is -2.19. The van der Waals surface area contributed by atoms with E-state index in [0.29, 0.717) is 11.3 Å². The Labute approximate surface area is 143 Å². The summed E-state index contributed by atoms with van der Waals surface area (Å²) in [5.74, 6) is -0.201. The number of benzene rings is 1. The molecule has 128 valence electrons. The molecule has 1 heterocycles. The number of rotatable bonds is 8. The molecule has 2 rings (SSSR count). The second-order valence-corrected chi connectivity index (χ2v) is 5.80. The second kappa shape index (κ2) is 9.03. The summed E-state index contributed by atoms with van der Waals surface area (Å²) in [5.41, 5.74) is 2.22. The van der Waals surface area contributed by atoms with E-state index in [9.17, 15) is 9.90 Å². The van der Waals surface area contributed by atoms with Crippen molar-refractivity contribution in [2.45, 2.75) is 25.9 Å². The van der Waals surface area contributed by atoms with E-state index >= 15 is 0 Å². The van der Waals surface area contributed by atoms with Crippen LogP contribution in [0.25, 0.3) is 0 Å². The first kappa shape index (κ1) is 17.9. The van der Waals surface area contributed by atoms with Gasteiger partial charge in [-0.2, -0.15) is 0 Å². The molecule has 1 aromatic heterocycles. The van der Waals surface area contributed by atoms with Gasteiger partial charge in [-0.15, -0.1) is 0 Å². The first-order valence-corrected chi connectivity index (χ1v) is 8.30. The monoisotopic (exact) mass is 327 g/mol. The minimum Gasteiger partial charge on any atom is -0.385 e. The molecule has 0 saturated carbocycles. The Bertz CT molecular complexity index is 629. The molecule has 2 aromatic rings. The number of pyridine rings is 1. The fourth-order valence-corrected chi connectivity index (χ4v) is 2.36. The maximum atomic E-state index is 12.2. The number of aliphatic hydroxyl groups excluding tert-OH is 1. The van der Waals surface area contributed by atoms with Crippen molar-refractivity contribution in [3.05, 3.63) is 59.9 Å². The van der Waals surface area contributed by atoms with Crippen molar-refractivity contribution in [2.75, 3.05) is 25.0 Å². The van der Waals surface area contributed by atoms with Gasteiger partial charge < -0.3 is 15.3 Å². The Balaban J connectivity index is 1.88. The quantitative estimate of drug-likeness (QED) is 0.782.